The summed E-state index contributed by atoms with van der Waals surface area (Å²) in [5.41, 5.74) is 2.45. The minimum atomic E-state index is -0.00816. The van der Waals surface area contributed by atoms with Gasteiger partial charge in [-0.3, -0.25) is 14.8 Å². The van der Waals surface area contributed by atoms with Crippen LogP contribution < -0.4 is 5.32 Å². The summed E-state index contributed by atoms with van der Waals surface area (Å²) in [7, 11) is 0. The van der Waals surface area contributed by atoms with Crippen LogP contribution in [0.15, 0.2) is 30.6 Å². The van der Waals surface area contributed by atoms with E-state index in [2.05, 4.69) is 26.6 Å². The molecule has 0 aromatic carbocycles. The average molecular weight is 389 g/mol. The Bertz CT molecular complexity index is 1080. The van der Waals surface area contributed by atoms with E-state index < -0.39 is 0 Å². The van der Waals surface area contributed by atoms with Crippen LogP contribution in [0, 0.1) is 23.2 Å². The highest BCUT2D eigenvalue weighted by Gasteiger charge is 2.30. The first-order chi connectivity index (χ1) is 14.2. The molecule has 148 valence electrons. The minimum Gasteiger partial charge on any atom is -0.293 e. The molecular formula is C21H23N7O. The van der Waals surface area contributed by atoms with E-state index in [1.165, 1.54) is 12.8 Å². The number of aromatic nitrogens is 5. The molecule has 3 aromatic rings. The van der Waals surface area contributed by atoms with Crippen molar-refractivity contribution in [1.29, 1.82) is 5.26 Å². The zero-order valence-electron chi connectivity index (χ0n) is 16.2. The van der Waals surface area contributed by atoms with Crippen LogP contribution in [0.2, 0.25) is 0 Å². The number of carbonyl (C=O) groups excluding carboxylic acids is 1. The molecule has 2 aliphatic rings. The lowest BCUT2D eigenvalue weighted by Crippen LogP contribution is -2.17. The van der Waals surface area contributed by atoms with Crippen LogP contribution in [0.4, 0.5) is 5.95 Å². The molecule has 3 heterocycles. The third-order valence-corrected chi connectivity index (χ3v) is 6.02. The number of pyridine rings is 1. The summed E-state index contributed by atoms with van der Waals surface area (Å²) < 4.78 is 3.68. The number of rotatable bonds is 6. The molecule has 2 aliphatic carbocycles. The van der Waals surface area contributed by atoms with Gasteiger partial charge in [0.1, 0.15) is 0 Å². The lowest BCUT2D eigenvalue weighted by molar-refractivity contribution is -0.117. The summed E-state index contributed by atoms with van der Waals surface area (Å²) in [5, 5.41) is 21.2. The van der Waals surface area contributed by atoms with Crippen molar-refractivity contribution in [2.24, 2.45) is 11.8 Å². The Morgan fingerprint density at radius 3 is 2.86 bits per heavy atom. The van der Waals surface area contributed by atoms with E-state index in [0.717, 1.165) is 36.9 Å². The molecule has 2 fully saturated rings. The first kappa shape index (κ1) is 17.9. The molecule has 0 spiro atoms. The number of amides is 1. The second kappa shape index (κ2) is 7.32. The molecule has 2 saturated carbocycles. The number of fused-ring (bicyclic) bond motifs is 1. The maximum Gasteiger partial charge on any atom is 0.249 e. The van der Waals surface area contributed by atoms with Crippen molar-refractivity contribution in [3.05, 3.63) is 30.6 Å². The fourth-order valence-corrected chi connectivity index (χ4v) is 4.30. The molecule has 1 atom stereocenters. The molecule has 1 N–H and O–H groups in total. The van der Waals surface area contributed by atoms with Crippen LogP contribution in [0.5, 0.6) is 0 Å². The molecule has 8 heteroatoms. The van der Waals surface area contributed by atoms with Gasteiger partial charge in [-0.25, -0.2) is 4.52 Å². The Morgan fingerprint density at radius 2 is 2.10 bits per heavy atom. The van der Waals surface area contributed by atoms with E-state index in [0.29, 0.717) is 23.9 Å². The highest BCUT2D eigenvalue weighted by Crippen LogP contribution is 2.36. The normalized spacial score (nSPS) is 18.0. The number of hydrogen-bond acceptors (Lipinski definition) is 5. The third kappa shape index (κ3) is 3.48. The number of anilines is 1. The number of carbonyl (C=O) groups is 1. The van der Waals surface area contributed by atoms with Gasteiger partial charge in [0.05, 0.1) is 30.4 Å². The number of hydrogen-bond donors (Lipinski definition) is 1. The summed E-state index contributed by atoms with van der Waals surface area (Å²) in [4.78, 5) is 16.5. The van der Waals surface area contributed by atoms with Crippen molar-refractivity contribution in [3.8, 4) is 17.3 Å². The van der Waals surface area contributed by atoms with Crippen LogP contribution in [0.25, 0.3) is 16.9 Å². The van der Waals surface area contributed by atoms with Gasteiger partial charge in [0.25, 0.3) is 0 Å². The highest BCUT2D eigenvalue weighted by molar-refractivity contribution is 5.92. The van der Waals surface area contributed by atoms with Gasteiger partial charge in [0.15, 0.2) is 5.65 Å². The van der Waals surface area contributed by atoms with E-state index in [1.54, 1.807) is 4.52 Å². The standard InChI is InChI=1S/C21H23N7O/c22-11-10-17(14-4-1-2-5-14)27-13-16(12-23-27)18-6-3-7-19-24-21(26-28(18)19)25-20(29)15-8-9-15/h3,6-7,12-15,17H,1-2,4-5,8-10H2,(H,25,26,29). The van der Waals surface area contributed by atoms with Crippen LogP contribution >= 0.6 is 0 Å². The van der Waals surface area contributed by atoms with Crippen LogP contribution in [-0.2, 0) is 4.79 Å². The second-order valence-electron chi connectivity index (χ2n) is 8.06. The number of nitrogens with one attached hydrogen (secondary N) is 1. The topological polar surface area (TPSA) is 101 Å². The predicted octanol–water partition coefficient (Wildman–Crippen LogP) is 3.59. The fourth-order valence-electron chi connectivity index (χ4n) is 4.30. The number of nitriles is 1. The van der Waals surface area contributed by atoms with Gasteiger partial charge < -0.3 is 0 Å². The maximum absolute atomic E-state index is 12.0. The van der Waals surface area contributed by atoms with Crippen molar-refractivity contribution in [2.45, 2.75) is 51.0 Å². The van der Waals surface area contributed by atoms with E-state index in [9.17, 15) is 10.1 Å². The first-order valence-corrected chi connectivity index (χ1v) is 10.3. The number of nitrogens with zero attached hydrogens (tertiary/aromatic N) is 6. The Kier molecular flexibility index (Phi) is 4.51. The van der Waals surface area contributed by atoms with Crippen molar-refractivity contribution >= 4 is 17.5 Å². The smallest absolute Gasteiger partial charge is 0.249 e. The Labute approximate surface area is 168 Å². The highest BCUT2D eigenvalue weighted by atomic mass is 16.2. The van der Waals surface area contributed by atoms with E-state index >= 15 is 0 Å². The van der Waals surface area contributed by atoms with Gasteiger partial charge in [0.2, 0.25) is 11.9 Å². The molecular weight excluding hydrogens is 366 g/mol. The van der Waals surface area contributed by atoms with Gasteiger partial charge >= 0.3 is 0 Å². The van der Waals surface area contributed by atoms with Gasteiger partial charge in [-0.05, 0) is 43.7 Å². The largest absolute Gasteiger partial charge is 0.293 e. The molecule has 5 rings (SSSR count). The van der Waals surface area contributed by atoms with Crippen LogP contribution in [-0.4, -0.2) is 30.3 Å². The summed E-state index contributed by atoms with van der Waals surface area (Å²) >= 11 is 0. The Hall–Kier alpha value is -3.21. The molecule has 29 heavy (non-hydrogen) atoms. The van der Waals surface area contributed by atoms with Gasteiger partial charge in [-0.2, -0.15) is 15.3 Å². The third-order valence-electron chi connectivity index (χ3n) is 6.02. The quantitative estimate of drug-likeness (QED) is 0.694. The lowest BCUT2D eigenvalue weighted by atomic mass is 9.96. The molecule has 8 nitrogen and oxygen atoms in total. The molecule has 0 radical (unpaired) electrons. The first-order valence-electron chi connectivity index (χ1n) is 10.3. The zero-order valence-corrected chi connectivity index (χ0v) is 16.2. The van der Waals surface area contributed by atoms with Crippen molar-refractivity contribution in [3.63, 3.8) is 0 Å². The molecule has 1 unspecified atom stereocenters. The maximum atomic E-state index is 12.0. The van der Waals surface area contributed by atoms with E-state index in [-0.39, 0.29) is 17.9 Å². The van der Waals surface area contributed by atoms with Crippen molar-refractivity contribution in [1.82, 2.24) is 24.4 Å². The van der Waals surface area contributed by atoms with Crippen molar-refractivity contribution in [2.75, 3.05) is 5.32 Å². The lowest BCUT2D eigenvalue weighted by Gasteiger charge is -2.21. The average Bonchev–Trinajstić information content (AvgIpc) is 3.11. The fraction of sp³-hybridized carbons (Fsp3) is 0.476. The summed E-state index contributed by atoms with van der Waals surface area (Å²) in [6.07, 6.45) is 10.9. The molecule has 1 amide bonds. The van der Waals surface area contributed by atoms with Crippen LogP contribution in [0.3, 0.4) is 0 Å². The Morgan fingerprint density at radius 1 is 1.28 bits per heavy atom. The van der Waals surface area contributed by atoms with Gasteiger partial charge in [0, 0.05) is 17.7 Å². The molecule has 3 aromatic heterocycles. The monoisotopic (exact) mass is 389 g/mol. The SMILES string of the molecule is N#CCC(C1CCCC1)n1cc(-c2cccc3nc(NC(=O)C4CC4)nn23)cn1. The summed E-state index contributed by atoms with van der Waals surface area (Å²) in [6, 6.07) is 8.19. The van der Waals surface area contributed by atoms with E-state index in [1.807, 2.05) is 35.3 Å². The summed E-state index contributed by atoms with van der Waals surface area (Å²) in [5.74, 6) is 0.932. The second-order valence-corrected chi connectivity index (χ2v) is 8.06. The Balaban J connectivity index is 1.45. The van der Waals surface area contributed by atoms with Gasteiger partial charge in [-0.15, -0.1) is 5.10 Å². The van der Waals surface area contributed by atoms with E-state index in [4.69, 9.17) is 0 Å². The minimum absolute atomic E-state index is 0.00816. The summed E-state index contributed by atoms with van der Waals surface area (Å²) in [6.45, 7) is 0. The predicted molar refractivity (Wildman–Crippen MR) is 107 cm³/mol. The van der Waals surface area contributed by atoms with Crippen LogP contribution in [0.1, 0.15) is 51.0 Å². The molecule has 0 aliphatic heterocycles. The van der Waals surface area contributed by atoms with Crippen molar-refractivity contribution < 1.29 is 4.79 Å². The van der Waals surface area contributed by atoms with Gasteiger partial charge in [-0.1, -0.05) is 18.9 Å². The molecule has 0 bridgehead atoms. The molecule has 0 saturated heterocycles. The zero-order chi connectivity index (χ0) is 19.8.